The number of anilines is 2. The maximum absolute atomic E-state index is 14.8. The van der Waals surface area contributed by atoms with Crippen molar-refractivity contribution in [2.75, 3.05) is 29.8 Å². The molecule has 1 amide bonds. The van der Waals surface area contributed by atoms with Crippen LogP contribution in [0.4, 0.5) is 29.1 Å². The molecule has 3 rings (SSSR count). The van der Waals surface area contributed by atoms with Crippen molar-refractivity contribution in [3.63, 3.8) is 0 Å². The minimum absolute atomic E-state index is 0.0259. The Kier molecular flexibility index (Phi) is 9.11. The van der Waals surface area contributed by atoms with Gasteiger partial charge in [0.2, 0.25) is 0 Å². The molecule has 39 heavy (non-hydrogen) atoms. The average molecular weight is 590 g/mol. The van der Waals surface area contributed by atoms with Crippen molar-refractivity contribution < 1.29 is 44.4 Å². The standard InChI is InChI=1S/C23H23F4N4O6PS/c1-3-36-38(33,37-4-2)13-39(34,35)16-9-10-18(17(24)11-16)31-22(32)20-21(28)29-12-19(30-20)14-5-7-15(8-6-14)23(25,26)27/h5-12H,3-4,13H2,1-2H3,(H2,28,29)(H,31,32). The largest absolute Gasteiger partial charge is 0.416 e. The lowest BCUT2D eigenvalue weighted by molar-refractivity contribution is -0.137. The van der Waals surface area contributed by atoms with Crippen molar-refractivity contribution in [1.82, 2.24) is 9.97 Å². The van der Waals surface area contributed by atoms with Crippen LogP contribution in [0.3, 0.4) is 0 Å². The van der Waals surface area contributed by atoms with Crippen molar-refractivity contribution in [3.05, 3.63) is 65.7 Å². The Morgan fingerprint density at radius 1 is 1.08 bits per heavy atom. The van der Waals surface area contributed by atoms with E-state index < -0.39 is 62.7 Å². The highest BCUT2D eigenvalue weighted by molar-refractivity contribution is 7.97. The maximum Gasteiger partial charge on any atom is 0.416 e. The van der Waals surface area contributed by atoms with Crippen LogP contribution < -0.4 is 11.1 Å². The summed E-state index contributed by atoms with van der Waals surface area (Å²) in [6, 6.07) is 6.53. The quantitative estimate of drug-likeness (QED) is 0.242. The van der Waals surface area contributed by atoms with E-state index in [0.717, 1.165) is 42.6 Å². The summed E-state index contributed by atoms with van der Waals surface area (Å²) in [7, 11) is -8.32. The molecule has 0 aliphatic carbocycles. The molecular formula is C23H23F4N4O6PS. The second-order valence-corrected chi connectivity index (χ2v) is 12.3. The number of halogens is 4. The molecule has 0 aliphatic heterocycles. The van der Waals surface area contributed by atoms with Crippen LogP contribution in [-0.2, 0) is 29.6 Å². The first-order valence-corrected chi connectivity index (χ1v) is 14.6. The number of amides is 1. The topological polar surface area (TPSA) is 151 Å². The summed E-state index contributed by atoms with van der Waals surface area (Å²) in [5, 5.41) is 2.20. The molecule has 1 heterocycles. The van der Waals surface area contributed by atoms with Gasteiger partial charge in [-0.3, -0.25) is 9.36 Å². The summed E-state index contributed by atoms with van der Waals surface area (Å²) in [5.74, 6) is -2.50. The van der Waals surface area contributed by atoms with Crippen molar-refractivity contribution in [3.8, 4) is 11.3 Å². The number of carbonyl (C=O) groups excluding carboxylic acids is 1. The van der Waals surface area contributed by atoms with Crippen LogP contribution in [0.5, 0.6) is 0 Å². The highest BCUT2D eigenvalue weighted by Gasteiger charge is 2.33. The summed E-state index contributed by atoms with van der Waals surface area (Å²) in [5.41, 5.74) is 3.18. The molecule has 3 N–H and O–H groups in total. The SMILES string of the molecule is CCOP(=O)(CS(=O)(=O)c1ccc(NC(=O)c2nc(-c3ccc(C(F)(F)F)cc3)cnc2N)c(F)c1)OCC. The predicted octanol–water partition coefficient (Wildman–Crippen LogP) is 5.13. The van der Waals surface area contributed by atoms with E-state index in [9.17, 15) is 35.3 Å². The lowest BCUT2D eigenvalue weighted by Crippen LogP contribution is -2.18. The molecule has 0 aliphatic rings. The fourth-order valence-electron chi connectivity index (χ4n) is 3.29. The van der Waals surface area contributed by atoms with E-state index in [0.29, 0.717) is 6.07 Å². The van der Waals surface area contributed by atoms with Crippen molar-refractivity contribution in [2.45, 2.75) is 24.9 Å². The zero-order valence-corrected chi connectivity index (χ0v) is 22.2. The normalized spacial score (nSPS) is 12.4. The van der Waals surface area contributed by atoms with E-state index in [4.69, 9.17) is 14.8 Å². The van der Waals surface area contributed by atoms with Crippen molar-refractivity contribution in [1.29, 1.82) is 0 Å². The molecule has 2 aromatic carbocycles. The monoisotopic (exact) mass is 590 g/mol. The van der Waals surface area contributed by atoms with Gasteiger partial charge in [0.25, 0.3) is 5.91 Å². The zero-order valence-electron chi connectivity index (χ0n) is 20.5. The van der Waals surface area contributed by atoms with Crippen LogP contribution >= 0.6 is 7.60 Å². The average Bonchev–Trinajstić information content (AvgIpc) is 2.84. The summed E-state index contributed by atoms with van der Waals surface area (Å²) < 4.78 is 101. The van der Waals surface area contributed by atoms with Gasteiger partial charge in [0, 0.05) is 5.56 Å². The summed E-state index contributed by atoms with van der Waals surface area (Å²) >= 11 is 0. The number of nitrogen functional groups attached to an aromatic ring is 1. The lowest BCUT2D eigenvalue weighted by Gasteiger charge is -2.17. The van der Waals surface area contributed by atoms with E-state index in [1.54, 1.807) is 0 Å². The van der Waals surface area contributed by atoms with Gasteiger partial charge in [-0.25, -0.2) is 22.8 Å². The first kappa shape index (κ1) is 30.2. The van der Waals surface area contributed by atoms with Crippen LogP contribution in [-0.4, -0.2) is 43.0 Å². The molecule has 0 saturated carbocycles. The summed E-state index contributed by atoms with van der Waals surface area (Å²) in [6.45, 7) is 2.87. The van der Waals surface area contributed by atoms with E-state index in [-0.39, 0.29) is 30.3 Å². The second kappa shape index (κ2) is 11.8. The van der Waals surface area contributed by atoms with Crippen LogP contribution in [0.2, 0.25) is 0 Å². The van der Waals surface area contributed by atoms with Crippen LogP contribution in [0.1, 0.15) is 29.9 Å². The van der Waals surface area contributed by atoms with Gasteiger partial charge < -0.3 is 20.1 Å². The number of carbonyl (C=O) groups is 1. The summed E-state index contributed by atoms with van der Waals surface area (Å²) in [4.78, 5) is 20.1. The minimum atomic E-state index is -4.54. The van der Waals surface area contributed by atoms with Crippen LogP contribution in [0.15, 0.2) is 53.6 Å². The van der Waals surface area contributed by atoms with E-state index in [1.165, 1.54) is 13.8 Å². The lowest BCUT2D eigenvalue weighted by atomic mass is 10.1. The molecular weight excluding hydrogens is 567 g/mol. The zero-order chi connectivity index (χ0) is 29.0. The van der Waals surface area contributed by atoms with E-state index in [2.05, 4.69) is 15.3 Å². The number of nitrogens with two attached hydrogens (primary N) is 1. The molecule has 0 atom stereocenters. The molecule has 16 heteroatoms. The third-order valence-electron chi connectivity index (χ3n) is 5.05. The molecule has 0 spiro atoms. The van der Waals surface area contributed by atoms with Gasteiger partial charge in [0.1, 0.15) is 5.82 Å². The second-order valence-electron chi connectivity index (χ2n) is 7.85. The highest BCUT2D eigenvalue weighted by atomic mass is 32.2. The highest BCUT2D eigenvalue weighted by Crippen LogP contribution is 2.50. The fourth-order valence-corrected chi connectivity index (χ4v) is 7.57. The van der Waals surface area contributed by atoms with Gasteiger partial charge in [-0.05, 0) is 44.2 Å². The Balaban J connectivity index is 1.83. The Hall–Kier alpha value is -3.39. The van der Waals surface area contributed by atoms with Gasteiger partial charge in [-0.15, -0.1) is 0 Å². The number of hydrogen-bond acceptors (Lipinski definition) is 9. The number of hydrogen-bond donors (Lipinski definition) is 2. The third kappa shape index (κ3) is 7.38. The molecule has 0 bridgehead atoms. The number of benzene rings is 2. The number of alkyl halides is 3. The van der Waals surface area contributed by atoms with Crippen LogP contribution in [0.25, 0.3) is 11.3 Å². The Morgan fingerprint density at radius 2 is 1.69 bits per heavy atom. The number of sulfone groups is 1. The number of aromatic nitrogens is 2. The minimum Gasteiger partial charge on any atom is -0.382 e. The number of nitrogens with zero attached hydrogens (tertiary/aromatic N) is 2. The van der Waals surface area contributed by atoms with Crippen molar-refractivity contribution >= 4 is 34.8 Å². The molecule has 210 valence electrons. The van der Waals surface area contributed by atoms with Gasteiger partial charge in [0.05, 0.1) is 41.3 Å². The molecule has 3 aromatic rings. The Labute approximate surface area is 221 Å². The van der Waals surface area contributed by atoms with Gasteiger partial charge in [-0.1, -0.05) is 12.1 Å². The number of rotatable bonds is 10. The van der Waals surface area contributed by atoms with Gasteiger partial charge >= 0.3 is 13.8 Å². The predicted molar refractivity (Wildman–Crippen MR) is 134 cm³/mol. The Morgan fingerprint density at radius 3 is 2.23 bits per heavy atom. The molecule has 0 radical (unpaired) electrons. The van der Waals surface area contributed by atoms with Crippen LogP contribution in [0, 0.1) is 5.82 Å². The molecule has 10 nitrogen and oxygen atoms in total. The molecule has 1 aromatic heterocycles. The smallest absolute Gasteiger partial charge is 0.382 e. The fraction of sp³-hybridized carbons (Fsp3) is 0.261. The van der Waals surface area contributed by atoms with Crippen molar-refractivity contribution in [2.24, 2.45) is 0 Å². The molecule has 0 saturated heterocycles. The number of nitrogens with one attached hydrogen (secondary N) is 1. The first-order valence-electron chi connectivity index (χ1n) is 11.2. The van der Waals surface area contributed by atoms with E-state index in [1.807, 2.05) is 0 Å². The van der Waals surface area contributed by atoms with E-state index >= 15 is 0 Å². The maximum atomic E-state index is 14.8. The van der Waals surface area contributed by atoms with Gasteiger partial charge in [-0.2, -0.15) is 13.2 Å². The summed E-state index contributed by atoms with van der Waals surface area (Å²) in [6.07, 6.45) is -3.39. The third-order valence-corrected chi connectivity index (χ3v) is 9.95. The molecule has 0 unspecified atom stereocenters. The van der Waals surface area contributed by atoms with Gasteiger partial charge in [0.15, 0.2) is 26.8 Å². The first-order chi connectivity index (χ1) is 18.2. The molecule has 0 fully saturated rings. The Bertz CT molecular complexity index is 1510.